The van der Waals surface area contributed by atoms with Gasteiger partial charge in [-0.05, 0) is 42.8 Å². The highest BCUT2D eigenvalue weighted by atomic mass is 79.9. The molecular weight excluding hydrogens is 458 g/mol. The van der Waals surface area contributed by atoms with Crippen LogP contribution in [0.4, 0.5) is 11.4 Å². The summed E-state index contributed by atoms with van der Waals surface area (Å²) in [6, 6.07) is 13.5. The first kappa shape index (κ1) is 21.0. The summed E-state index contributed by atoms with van der Waals surface area (Å²) < 4.78 is 2.72. The first-order valence-corrected chi connectivity index (χ1v) is 10.4. The molecule has 10 heteroatoms. The zero-order valence-electron chi connectivity index (χ0n) is 15.7. The largest absolute Gasteiger partial charge is 0.325 e. The molecule has 3 aromatic rings. The Bertz CT molecular complexity index is 1020. The van der Waals surface area contributed by atoms with Crippen LogP contribution in [0.25, 0.3) is 11.4 Å². The highest BCUT2D eigenvalue weighted by Crippen LogP contribution is 2.29. The molecule has 8 nitrogen and oxygen atoms in total. The monoisotopic (exact) mass is 475 g/mol. The van der Waals surface area contributed by atoms with E-state index in [2.05, 4.69) is 31.4 Å². The second-order valence-corrected chi connectivity index (χ2v) is 8.27. The van der Waals surface area contributed by atoms with Crippen LogP contribution in [-0.4, -0.2) is 30.8 Å². The number of nitrogens with zero attached hydrogens (tertiary/aromatic N) is 4. The number of hydrogen-bond acceptors (Lipinski definition) is 6. The number of benzene rings is 2. The number of carbonyl (C=O) groups is 1. The second kappa shape index (κ2) is 9.19. The lowest BCUT2D eigenvalue weighted by molar-refractivity contribution is -0.384. The minimum Gasteiger partial charge on any atom is -0.325 e. The molecule has 2 aromatic carbocycles. The molecule has 29 heavy (non-hydrogen) atoms. The van der Waals surface area contributed by atoms with E-state index >= 15 is 0 Å². The van der Waals surface area contributed by atoms with Crippen LogP contribution in [0.5, 0.6) is 0 Å². The zero-order valence-corrected chi connectivity index (χ0v) is 18.1. The highest BCUT2D eigenvalue weighted by Gasteiger charge is 2.22. The number of carbonyl (C=O) groups excluding carboxylic acids is 1. The van der Waals surface area contributed by atoms with E-state index in [9.17, 15) is 14.9 Å². The van der Waals surface area contributed by atoms with Crippen molar-refractivity contribution in [2.75, 3.05) is 5.32 Å². The van der Waals surface area contributed by atoms with Crippen molar-refractivity contribution >= 4 is 45.0 Å². The van der Waals surface area contributed by atoms with Crippen LogP contribution in [0.3, 0.4) is 0 Å². The average Bonchev–Trinajstić information content (AvgIpc) is 3.08. The molecule has 0 saturated heterocycles. The van der Waals surface area contributed by atoms with Gasteiger partial charge in [0, 0.05) is 34.9 Å². The van der Waals surface area contributed by atoms with Gasteiger partial charge in [0.2, 0.25) is 5.91 Å². The molecule has 0 aliphatic rings. The Kier molecular flexibility index (Phi) is 6.65. The van der Waals surface area contributed by atoms with E-state index in [-0.39, 0.29) is 16.8 Å². The number of aromatic nitrogens is 3. The number of hydrogen-bond donors (Lipinski definition) is 1. The van der Waals surface area contributed by atoms with Crippen molar-refractivity contribution in [3.8, 4) is 11.4 Å². The van der Waals surface area contributed by atoms with Gasteiger partial charge in [0.15, 0.2) is 11.0 Å². The fourth-order valence-electron chi connectivity index (χ4n) is 2.61. The van der Waals surface area contributed by atoms with Crippen molar-refractivity contribution < 1.29 is 9.72 Å². The van der Waals surface area contributed by atoms with Crippen molar-refractivity contribution in [3.05, 3.63) is 63.1 Å². The van der Waals surface area contributed by atoms with Gasteiger partial charge < -0.3 is 9.88 Å². The van der Waals surface area contributed by atoms with Gasteiger partial charge in [-0.2, -0.15) is 0 Å². The topological polar surface area (TPSA) is 103 Å². The number of halogens is 1. The lowest BCUT2D eigenvalue weighted by atomic mass is 10.2. The summed E-state index contributed by atoms with van der Waals surface area (Å²) in [7, 11) is 1.80. The predicted molar refractivity (Wildman–Crippen MR) is 116 cm³/mol. The summed E-state index contributed by atoms with van der Waals surface area (Å²) in [6.07, 6.45) is 0.618. The van der Waals surface area contributed by atoms with Crippen molar-refractivity contribution in [1.82, 2.24) is 14.8 Å². The summed E-state index contributed by atoms with van der Waals surface area (Å²) in [6.45, 7) is 1.94. The first-order chi connectivity index (χ1) is 13.9. The minimum absolute atomic E-state index is 0.0150. The molecule has 0 aliphatic carbocycles. The van der Waals surface area contributed by atoms with Gasteiger partial charge in [-0.15, -0.1) is 10.2 Å². The highest BCUT2D eigenvalue weighted by molar-refractivity contribution is 9.10. The van der Waals surface area contributed by atoms with Crippen molar-refractivity contribution in [2.45, 2.75) is 23.8 Å². The van der Waals surface area contributed by atoms with Crippen LogP contribution in [0.15, 0.2) is 58.2 Å². The van der Waals surface area contributed by atoms with E-state index in [1.54, 1.807) is 23.7 Å². The number of thioether (sulfide) groups is 1. The maximum absolute atomic E-state index is 12.7. The van der Waals surface area contributed by atoms with E-state index < -0.39 is 4.92 Å². The molecule has 1 unspecified atom stereocenters. The molecule has 1 N–H and O–H groups in total. The standard InChI is InChI=1S/C19H18BrN5O3S/c1-3-16(18(26)21-14-8-6-13(20)7-9-14)29-19-23-22-17(24(19)2)12-4-10-15(11-5-12)25(27)28/h4-11,16H,3H2,1-2H3,(H,21,26). The maximum Gasteiger partial charge on any atom is 0.269 e. The summed E-state index contributed by atoms with van der Waals surface area (Å²) in [5, 5.41) is 22.4. The fraction of sp³-hybridized carbons (Fsp3) is 0.211. The molecule has 150 valence electrons. The number of amides is 1. The van der Waals surface area contributed by atoms with E-state index in [1.165, 1.54) is 23.9 Å². The molecule has 3 rings (SSSR count). The van der Waals surface area contributed by atoms with Crippen molar-refractivity contribution in [3.63, 3.8) is 0 Å². The van der Waals surface area contributed by atoms with Crippen LogP contribution in [0, 0.1) is 10.1 Å². The van der Waals surface area contributed by atoms with E-state index in [0.717, 1.165) is 10.2 Å². The third kappa shape index (κ3) is 5.01. The predicted octanol–water partition coefficient (Wildman–Crippen LogP) is 4.66. The second-order valence-electron chi connectivity index (χ2n) is 6.18. The van der Waals surface area contributed by atoms with E-state index in [1.807, 2.05) is 31.2 Å². The van der Waals surface area contributed by atoms with Crippen molar-refractivity contribution in [2.24, 2.45) is 7.05 Å². The zero-order chi connectivity index (χ0) is 21.0. The van der Waals surface area contributed by atoms with Crippen LogP contribution < -0.4 is 5.32 Å². The number of rotatable bonds is 7. The van der Waals surface area contributed by atoms with Crippen molar-refractivity contribution in [1.29, 1.82) is 0 Å². The van der Waals surface area contributed by atoms with Gasteiger partial charge in [0.1, 0.15) is 0 Å². The summed E-state index contributed by atoms with van der Waals surface area (Å²) in [5.41, 5.74) is 1.45. The number of nitro benzene ring substituents is 1. The molecular formula is C19H18BrN5O3S. The number of non-ortho nitro benzene ring substituents is 1. The summed E-state index contributed by atoms with van der Waals surface area (Å²) in [4.78, 5) is 23.0. The Morgan fingerprint density at radius 2 is 1.86 bits per heavy atom. The molecule has 1 atom stereocenters. The van der Waals surface area contributed by atoms with Crippen LogP contribution in [0.2, 0.25) is 0 Å². The molecule has 1 heterocycles. The smallest absolute Gasteiger partial charge is 0.269 e. The summed E-state index contributed by atoms with van der Waals surface area (Å²) >= 11 is 4.70. The van der Waals surface area contributed by atoms with Gasteiger partial charge in [-0.25, -0.2) is 0 Å². The molecule has 0 fully saturated rings. The Labute approximate surface area is 180 Å². The molecule has 1 aromatic heterocycles. The molecule has 0 bridgehead atoms. The van der Waals surface area contributed by atoms with Crippen LogP contribution in [0.1, 0.15) is 13.3 Å². The van der Waals surface area contributed by atoms with Crippen LogP contribution >= 0.6 is 27.7 Å². The third-order valence-electron chi connectivity index (χ3n) is 4.19. The van der Waals surface area contributed by atoms with Gasteiger partial charge in [-0.1, -0.05) is 34.6 Å². The first-order valence-electron chi connectivity index (χ1n) is 8.76. The van der Waals surface area contributed by atoms with Gasteiger partial charge in [0.25, 0.3) is 5.69 Å². The van der Waals surface area contributed by atoms with Gasteiger partial charge in [-0.3, -0.25) is 14.9 Å². The third-order valence-corrected chi connectivity index (χ3v) is 6.12. The Morgan fingerprint density at radius 1 is 1.21 bits per heavy atom. The van der Waals surface area contributed by atoms with E-state index in [4.69, 9.17) is 0 Å². The Balaban J connectivity index is 1.74. The van der Waals surface area contributed by atoms with E-state index in [0.29, 0.717) is 23.0 Å². The normalized spacial score (nSPS) is 11.8. The Hall–Kier alpha value is -2.72. The molecule has 1 amide bonds. The average molecular weight is 476 g/mol. The number of nitro groups is 1. The number of nitrogens with one attached hydrogen (secondary N) is 1. The van der Waals surface area contributed by atoms with Crippen LogP contribution in [-0.2, 0) is 11.8 Å². The SMILES string of the molecule is CCC(Sc1nnc(-c2ccc([N+](=O)[O-])cc2)n1C)C(=O)Nc1ccc(Br)cc1. The summed E-state index contributed by atoms with van der Waals surface area (Å²) in [5.74, 6) is 0.463. The molecule has 0 spiro atoms. The fourth-order valence-corrected chi connectivity index (χ4v) is 3.79. The molecule has 0 aliphatic heterocycles. The minimum atomic E-state index is -0.447. The Morgan fingerprint density at radius 3 is 2.45 bits per heavy atom. The van der Waals surface area contributed by atoms with Gasteiger partial charge >= 0.3 is 0 Å². The van der Waals surface area contributed by atoms with Gasteiger partial charge in [0.05, 0.1) is 10.2 Å². The lowest BCUT2D eigenvalue weighted by Gasteiger charge is -2.14. The maximum atomic E-state index is 12.7. The quantitative estimate of drug-likeness (QED) is 0.302. The lowest BCUT2D eigenvalue weighted by Crippen LogP contribution is -2.25. The molecule has 0 saturated carbocycles. The molecule has 0 radical (unpaired) electrons. The number of anilines is 1.